The van der Waals surface area contributed by atoms with Crippen molar-refractivity contribution in [3.63, 3.8) is 0 Å². The van der Waals surface area contributed by atoms with Gasteiger partial charge in [0.2, 0.25) is 15.9 Å². The van der Waals surface area contributed by atoms with E-state index in [1.807, 2.05) is 6.07 Å². The lowest BCUT2D eigenvalue weighted by Crippen LogP contribution is -2.43. The molecule has 1 N–H and O–H groups in total. The summed E-state index contributed by atoms with van der Waals surface area (Å²) in [5.41, 5.74) is 2.06. The SMILES string of the molecule is COc1ccc(S(=O)(=O)N2CCCC(C(=O)Nc3ccc4oc(C5CC5)nc4c3)C2)cc1. The van der Waals surface area contributed by atoms with Crippen molar-refractivity contribution >= 4 is 32.7 Å². The number of nitrogens with zero attached hydrogens (tertiary/aromatic N) is 2. The van der Waals surface area contributed by atoms with Crippen molar-refractivity contribution in [3.8, 4) is 5.75 Å². The van der Waals surface area contributed by atoms with E-state index < -0.39 is 15.9 Å². The molecule has 2 aliphatic rings. The van der Waals surface area contributed by atoms with Crippen molar-refractivity contribution in [3.05, 3.63) is 48.4 Å². The Balaban J connectivity index is 1.28. The van der Waals surface area contributed by atoms with Gasteiger partial charge in [-0.05, 0) is 68.1 Å². The highest BCUT2D eigenvalue weighted by molar-refractivity contribution is 7.89. The lowest BCUT2D eigenvalue weighted by atomic mass is 9.98. The number of nitrogens with one attached hydrogen (secondary N) is 1. The summed E-state index contributed by atoms with van der Waals surface area (Å²) in [4.78, 5) is 17.7. The minimum Gasteiger partial charge on any atom is -0.497 e. The number of benzene rings is 2. The van der Waals surface area contributed by atoms with E-state index in [2.05, 4.69) is 10.3 Å². The lowest BCUT2D eigenvalue weighted by Gasteiger charge is -2.31. The highest BCUT2D eigenvalue weighted by Crippen LogP contribution is 2.40. The number of sulfonamides is 1. The smallest absolute Gasteiger partial charge is 0.243 e. The van der Waals surface area contributed by atoms with Gasteiger partial charge in [-0.25, -0.2) is 13.4 Å². The van der Waals surface area contributed by atoms with Crippen molar-refractivity contribution in [2.75, 3.05) is 25.5 Å². The number of aromatic nitrogens is 1. The highest BCUT2D eigenvalue weighted by atomic mass is 32.2. The number of rotatable bonds is 6. The van der Waals surface area contributed by atoms with Gasteiger partial charge < -0.3 is 14.5 Å². The zero-order valence-corrected chi connectivity index (χ0v) is 18.6. The summed E-state index contributed by atoms with van der Waals surface area (Å²) in [5, 5.41) is 2.93. The standard InChI is InChI=1S/C23H25N3O5S/c1-30-18-7-9-19(10-8-18)32(28,29)26-12-2-3-16(14-26)22(27)24-17-6-11-21-20(13-17)25-23(31-21)15-4-5-15/h6-11,13,15-16H,2-5,12,14H2,1H3,(H,24,27). The summed E-state index contributed by atoms with van der Waals surface area (Å²) >= 11 is 0. The highest BCUT2D eigenvalue weighted by Gasteiger charge is 2.33. The molecule has 1 aromatic heterocycles. The zero-order valence-electron chi connectivity index (χ0n) is 17.8. The van der Waals surface area contributed by atoms with E-state index in [1.165, 1.54) is 23.5 Å². The predicted molar refractivity (Wildman–Crippen MR) is 119 cm³/mol. The van der Waals surface area contributed by atoms with Crippen LogP contribution in [0.5, 0.6) is 5.75 Å². The van der Waals surface area contributed by atoms with Gasteiger partial charge in [-0.1, -0.05) is 0 Å². The second-order valence-corrected chi connectivity index (χ2v) is 10.3. The van der Waals surface area contributed by atoms with Gasteiger partial charge in [0, 0.05) is 24.7 Å². The predicted octanol–water partition coefficient (Wildman–Crippen LogP) is 3.75. The van der Waals surface area contributed by atoms with Crippen LogP contribution in [-0.2, 0) is 14.8 Å². The number of anilines is 1. The Kier molecular flexibility index (Phi) is 5.38. The minimum atomic E-state index is -3.68. The molecule has 9 heteroatoms. The van der Waals surface area contributed by atoms with Crippen LogP contribution in [0.25, 0.3) is 11.1 Å². The van der Waals surface area contributed by atoms with Crippen molar-refractivity contribution in [1.29, 1.82) is 0 Å². The molecule has 1 amide bonds. The molecule has 1 saturated carbocycles. The topological polar surface area (TPSA) is 102 Å². The monoisotopic (exact) mass is 455 g/mol. The molecule has 0 bridgehead atoms. The van der Waals surface area contributed by atoms with Gasteiger partial charge in [0.15, 0.2) is 11.5 Å². The maximum absolute atomic E-state index is 13.1. The van der Waals surface area contributed by atoms with Crippen molar-refractivity contribution in [2.45, 2.75) is 36.5 Å². The van der Waals surface area contributed by atoms with E-state index >= 15 is 0 Å². The minimum absolute atomic E-state index is 0.151. The van der Waals surface area contributed by atoms with E-state index in [9.17, 15) is 13.2 Å². The van der Waals surface area contributed by atoms with Gasteiger partial charge >= 0.3 is 0 Å². The molecule has 2 fully saturated rings. The third-order valence-electron chi connectivity index (χ3n) is 6.05. The molecular formula is C23H25N3O5S. The molecule has 168 valence electrons. The third-order valence-corrected chi connectivity index (χ3v) is 7.93. The Hall–Kier alpha value is -2.91. The number of piperidine rings is 1. The number of fused-ring (bicyclic) bond motifs is 1. The molecular weight excluding hydrogens is 430 g/mol. The zero-order chi connectivity index (χ0) is 22.3. The molecule has 1 aliphatic carbocycles. The van der Waals surface area contributed by atoms with Crippen molar-refractivity contribution in [2.24, 2.45) is 5.92 Å². The Morgan fingerprint density at radius 2 is 1.94 bits per heavy atom. The third kappa shape index (κ3) is 4.10. The van der Waals surface area contributed by atoms with Crippen LogP contribution in [0.1, 0.15) is 37.5 Å². The summed E-state index contributed by atoms with van der Waals surface area (Å²) in [6.07, 6.45) is 3.47. The Bertz CT molecular complexity index is 1250. The summed E-state index contributed by atoms with van der Waals surface area (Å²) in [5.74, 6) is 1.15. The number of hydrogen-bond acceptors (Lipinski definition) is 6. The van der Waals surface area contributed by atoms with Gasteiger partial charge in [0.05, 0.1) is 17.9 Å². The molecule has 1 atom stereocenters. The number of methoxy groups -OCH3 is 1. The average Bonchev–Trinajstić information content (AvgIpc) is 3.58. The van der Waals surface area contributed by atoms with E-state index in [0.29, 0.717) is 42.3 Å². The largest absolute Gasteiger partial charge is 0.497 e. The molecule has 1 unspecified atom stereocenters. The van der Waals surface area contributed by atoms with Crippen LogP contribution in [0.3, 0.4) is 0 Å². The number of oxazole rings is 1. The van der Waals surface area contributed by atoms with Crippen LogP contribution in [0.2, 0.25) is 0 Å². The number of amides is 1. The second kappa shape index (κ2) is 8.22. The van der Waals surface area contributed by atoms with Gasteiger partial charge in [-0.15, -0.1) is 0 Å². The fourth-order valence-electron chi connectivity index (χ4n) is 4.04. The summed E-state index contributed by atoms with van der Waals surface area (Å²) in [7, 11) is -2.15. The van der Waals surface area contributed by atoms with E-state index in [0.717, 1.165) is 24.2 Å². The fourth-order valence-corrected chi connectivity index (χ4v) is 5.57. The molecule has 0 radical (unpaired) electrons. The summed E-state index contributed by atoms with van der Waals surface area (Å²) < 4.78 is 38.4. The first-order valence-electron chi connectivity index (χ1n) is 10.8. The number of carbonyl (C=O) groups excluding carboxylic acids is 1. The van der Waals surface area contributed by atoms with Gasteiger partial charge in [-0.3, -0.25) is 4.79 Å². The molecule has 2 heterocycles. The van der Waals surface area contributed by atoms with Crippen LogP contribution in [0.15, 0.2) is 51.8 Å². The first kappa shape index (κ1) is 21.0. The first-order valence-corrected chi connectivity index (χ1v) is 12.2. The molecule has 8 nitrogen and oxygen atoms in total. The Morgan fingerprint density at radius 1 is 1.16 bits per heavy atom. The molecule has 1 aliphatic heterocycles. The van der Waals surface area contributed by atoms with Crippen LogP contribution < -0.4 is 10.1 Å². The molecule has 32 heavy (non-hydrogen) atoms. The van der Waals surface area contributed by atoms with Gasteiger partial charge in [0.1, 0.15) is 11.3 Å². The number of carbonyl (C=O) groups is 1. The Labute approximate surface area is 186 Å². The molecule has 1 saturated heterocycles. The van der Waals surface area contributed by atoms with Crippen LogP contribution in [0.4, 0.5) is 5.69 Å². The van der Waals surface area contributed by atoms with Gasteiger partial charge in [0.25, 0.3) is 0 Å². The van der Waals surface area contributed by atoms with Crippen LogP contribution in [0, 0.1) is 5.92 Å². The van der Waals surface area contributed by atoms with Crippen molar-refractivity contribution < 1.29 is 22.4 Å². The van der Waals surface area contributed by atoms with E-state index in [4.69, 9.17) is 9.15 Å². The van der Waals surface area contributed by atoms with Gasteiger partial charge in [-0.2, -0.15) is 4.31 Å². The quantitative estimate of drug-likeness (QED) is 0.607. The second-order valence-electron chi connectivity index (χ2n) is 8.38. The maximum atomic E-state index is 13.1. The fraction of sp³-hybridized carbons (Fsp3) is 0.391. The molecule has 2 aromatic carbocycles. The molecule has 0 spiro atoms. The van der Waals surface area contributed by atoms with Crippen molar-refractivity contribution in [1.82, 2.24) is 9.29 Å². The average molecular weight is 456 g/mol. The van der Waals surface area contributed by atoms with Crippen LogP contribution >= 0.6 is 0 Å². The molecule has 5 rings (SSSR count). The van der Waals surface area contributed by atoms with Crippen LogP contribution in [-0.4, -0.2) is 43.8 Å². The number of ether oxygens (including phenoxy) is 1. The van der Waals surface area contributed by atoms with E-state index in [-0.39, 0.29) is 17.3 Å². The first-order chi connectivity index (χ1) is 15.4. The maximum Gasteiger partial charge on any atom is 0.243 e. The lowest BCUT2D eigenvalue weighted by molar-refractivity contribution is -0.120. The molecule has 3 aromatic rings. The summed E-state index contributed by atoms with van der Waals surface area (Å²) in [6, 6.07) is 11.7. The normalized spacial score (nSPS) is 19.7. The Morgan fingerprint density at radius 3 is 2.66 bits per heavy atom. The van der Waals surface area contributed by atoms with E-state index in [1.54, 1.807) is 24.3 Å². The number of hydrogen-bond donors (Lipinski definition) is 1. The summed E-state index contributed by atoms with van der Waals surface area (Å²) in [6.45, 7) is 0.547.